The molecule has 0 atom stereocenters. The molecule has 0 spiro atoms. The van der Waals surface area contributed by atoms with Gasteiger partial charge in [-0.1, -0.05) is 6.07 Å². The van der Waals surface area contributed by atoms with Crippen LogP contribution >= 0.6 is 0 Å². The minimum Gasteiger partial charge on any atom is -0.493 e. The van der Waals surface area contributed by atoms with E-state index >= 15 is 0 Å². The van der Waals surface area contributed by atoms with Crippen molar-refractivity contribution in [1.29, 1.82) is 0 Å². The van der Waals surface area contributed by atoms with E-state index in [0.717, 1.165) is 5.56 Å². The Balaban J connectivity index is 2.62. The van der Waals surface area contributed by atoms with Crippen LogP contribution in [0.1, 0.15) is 18.9 Å². The first-order valence-electron chi connectivity index (χ1n) is 6.76. The molecule has 1 rings (SSSR count). The maximum atomic E-state index is 11.8. The van der Waals surface area contributed by atoms with E-state index in [4.69, 9.17) is 14.6 Å². The molecule has 0 saturated carbocycles. The minimum atomic E-state index is -0.0148. The summed E-state index contributed by atoms with van der Waals surface area (Å²) in [6.07, 6.45) is 1.05. The molecular weight excluding hydrogens is 258 g/mol. The monoisotopic (exact) mass is 281 g/mol. The van der Waals surface area contributed by atoms with Gasteiger partial charge in [-0.05, 0) is 31.0 Å². The summed E-state index contributed by atoms with van der Waals surface area (Å²) in [5.74, 6) is 1.41. The van der Waals surface area contributed by atoms with Gasteiger partial charge < -0.3 is 19.5 Å². The van der Waals surface area contributed by atoms with Gasteiger partial charge in [0.15, 0.2) is 11.5 Å². The number of carbonyl (C=O) groups is 1. The number of amides is 1. The number of nitrogens with zero attached hydrogens (tertiary/aromatic N) is 1. The average Bonchev–Trinajstić information content (AvgIpc) is 2.46. The van der Waals surface area contributed by atoms with Gasteiger partial charge in [0.05, 0.1) is 20.3 Å². The highest BCUT2D eigenvalue weighted by Crippen LogP contribution is 2.28. The van der Waals surface area contributed by atoms with E-state index in [1.54, 1.807) is 14.2 Å². The maximum absolute atomic E-state index is 11.8. The lowest BCUT2D eigenvalue weighted by Crippen LogP contribution is -2.29. The van der Waals surface area contributed by atoms with Crippen molar-refractivity contribution in [2.24, 2.45) is 0 Å². The SMILES string of the molecule is CCOc1ccc(CCC(=O)N(C)CCO)cc1OC. The summed E-state index contributed by atoms with van der Waals surface area (Å²) in [7, 11) is 3.29. The third-order valence-electron chi connectivity index (χ3n) is 3.02. The Hall–Kier alpha value is -1.75. The zero-order valence-corrected chi connectivity index (χ0v) is 12.4. The van der Waals surface area contributed by atoms with Crippen molar-refractivity contribution in [1.82, 2.24) is 4.90 Å². The molecule has 0 saturated heterocycles. The molecule has 1 N–H and O–H groups in total. The Bertz CT molecular complexity index is 434. The zero-order valence-electron chi connectivity index (χ0n) is 12.4. The largest absolute Gasteiger partial charge is 0.493 e. The lowest BCUT2D eigenvalue weighted by molar-refractivity contribution is -0.130. The molecule has 5 nitrogen and oxygen atoms in total. The number of hydrogen-bond acceptors (Lipinski definition) is 4. The molecule has 1 aromatic rings. The number of rotatable bonds is 8. The summed E-state index contributed by atoms with van der Waals surface area (Å²) in [5.41, 5.74) is 1.02. The lowest BCUT2D eigenvalue weighted by Gasteiger charge is -2.16. The van der Waals surface area contributed by atoms with Crippen molar-refractivity contribution in [3.8, 4) is 11.5 Å². The van der Waals surface area contributed by atoms with Gasteiger partial charge in [-0.15, -0.1) is 0 Å². The van der Waals surface area contributed by atoms with Crippen LogP contribution in [0.15, 0.2) is 18.2 Å². The van der Waals surface area contributed by atoms with Crippen LogP contribution in [0.2, 0.25) is 0 Å². The van der Waals surface area contributed by atoms with Gasteiger partial charge >= 0.3 is 0 Å². The Labute approximate surface area is 120 Å². The molecule has 0 aliphatic heterocycles. The van der Waals surface area contributed by atoms with E-state index in [9.17, 15) is 4.79 Å². The molecular formula is C15H23NO4. The molecule has 0 fully saturated rings. The molecule has 0 radical (unpaired) electrons. The van der Waals surface area contributed by atoms with Gasteiger partial charge in [0.25, 0.3) is 0 Å². The molecule has 5 heteroatoms. The van der Waals surface area contributed by atoms with Gasteiger partial charge in [-0.3, -0.25) is 4.79 Å². The Morgan fingerprint density at radius 1 is 1.35 bits per heavy atom. The number of carbonyl (C=O) groups excluding carboxylic acids is 1. The van der Waals surface area contributed by atoms with Gasteiger partial charge in [0.1, 0.15) is 0 Å². The van der Waals surface area contributed by atoms with Gasteiger partial charge in [-0.2, -0.15) is 0 Å². The van der Waals surface area contributed by atoms with E-state index in [1.807, 2.05) is 25.1 Å². The molecule has 20 heavy (non-hydrogen) atoms. The van der Waals surface area contributed by atoms with Crippen LogP contribution in [0.3, 0.4) is 0 Å². The predicted molar refractivity (Wildman–Crippen MR) is 77.2 cm³/mol. The Kier molecular flexibility index (Phi) is 6.87. The number of aliphatic hydroxyl groups excluding tert-OH is 1. The van der Waals surface area contributed by atoms with Crippen LogP contribution in [-0.2, 0) is 11.2 Å². The maximum Gasteiger partial charge on any atom is 0.222 e. The molecule has 1 aromatic carbocycles. The number of benzene rings is 1. The molecule has 0 heterocycles. The zero-order chi connectivity index (χ0) is 15.0. The number of ether oxygens (including phenoxy) is 2. The van der Waals surface area contributed by atoms with Crippen molar-refractivity contribution in [3.05, 3.63) is 23.8 Å². The van der Waals surface area contributed by atoms with E-state index in [2.05, 4.69) is 0 Å². The van der Waals surface area contributed by atoms with Gasteiger partial charge in [0, 0.05) is 20.0 Å². The first-order chi connectivity index (χ1) is 9.62. The summed E-state index contributed by atoms with van der Waals surface area (Å²) < 4.78 is 10.7. The lowest BCUT2D eigenvalue weighted by atomic mass is 10.1. The molecule has 0 aliphatic carbocycles. The summed E-state index contributed by atoms with van der Waals surface area (Å²) >= 11 is 0. The van der Waals surface area contributed by atoms with Gasteiger partial charge in [-0.25, -0.2) is 0 Å². The van der Waals surface area contributed by atoms with E-state index in [0.29, 0.717) is 37.5 Å². The fraction of sp³-hybridized carbons (Fsp3) is 0.533. The predicted octanol–water partition coefficient (Wildman–Crippen LogP) is 1.48. The second-order valence-electron chi connectivity index (χ2n) is 4.46. The highest BCUT2D eigenvalue weighted by molar-refractivity contribution is 5.76. The van der Waals surface area contributed by atoms with Crippen LogP contribution in [-0.4, -0.2) is 49.8 Å². The van der Waals surface area contributed by atoms with Crippen LogP contribution in [0.5, 0.6) is 11.5 Å². The fourth-order valence-corrected chi connectivity index (χ4v) is 1.86. The van der Waals surface area contributed by atoms with Crippen molar-refractivity contribution >= 4 is 5.91 Å². The molecule has 1 amide bonds. The molecule has 0 bridgehead atoms. The second-order valence-corrected chi connectivity index (χ2v) is 4.46. The highest BCUT2D eigenvalue weighted by atomic mass is 16.5. The van der Waals surface area contributed by atoms with Gasteiger partial charge in [0.2, 0.25) is 5.91 Å². The smallest absolute Gasteiger partial charge is 0.222 e. The molecule has 112 valence electrons. The molecule has 0 aromatic heterocycles. The van der Waals surface area contributed by atoms with Crippen molar-refractivity contribution < 1.29 is 19.4 Å². The third kappa shape index (κ3) is 4.74. The van der Waals surface area contributed by atoms with Crippen LogP contribution in [0.4, 0.5) is 0 Å². The minimum absolute atomic E-state index is 0.0148. The number of methoxy groups -OCH3 is 1. The first kappa shape index (κ1) is 16.3. The fourth-order valence-electron chi connectivity index (χ4n) is 1.86. The standard InChI is InChI=1S/C15H23NO4/c1-4-20-13-7-5-12(11-14(13)19-3)6-8-15(18)16(2)9-10-17/h5,7,11,17H,4,6,8-10H2,1-3H3. The van der Waals surface area contributed by atoms with Crippen LogP contribution in [0, 0.1) is 0 Å². The third-order valence-corrected chi connectivity index (χ3v) is 3.02. The Morgan fingerprint density at radius 3 is 2.70 bits per heavy atom. The Morgan fingerprint density at radius 2 is 2.10 bits per heavy atom. The number of aryl methyl sites for hydroxylation is 1. The average molecular weight is 281 g/mol. The highest BCUT2D eigenvalue weighted by Gasteiger charge is 2.10. The van der Waals surface area contributed by atoms with Crippen LogP contribution < -0.4 is 9.47 Å². The topological polar surface area (TPSA) is 59.0 Å². The summed E-state index contributed by atoms with van der Waals surface area (Å²) in [4.78, 5) is 13.3. The number of aliphatic hydroxyl groups is 1. The summed E-state index contributed by atoms with van der Waals surface area (Å²) in [6.45, 7) is 2.85. The van der Waals surface area contributed by atoms with E-state index in [-0.39, 0.29) is 12.5 Å². The quantitative estimate of drug-likeness (QED) is 0.784. The van der Waals surface area contributed by atoms with E-state index < -0.39 is 0 Å². The summed E-state index contributed by atoms with van der Waals surface area (Å²) in [5, 5.41) is 8.80. The number of likely N-dealkylation sites (N-methyl/N-ethyl adjacent to an activating group) is 1. The molecule has 0 aliphatic rings. The van der Waals surface area contributed by atoms with Crippen molar-refractivity contribution in [2.75, 3.05) is 33.9 Å². The normalized spacial score (nSPS) is 10.2. The van der Waals surface area contributed by atoms with Crippen molar-refractivity contribution in [3.63, 3.8) is 0 Å². The molecule has 0 unspecified atom stereocenters. The van der Waals surface area contributed by atoms with Crippen LogP contribution in [0.25, 0.3) is 0 Å². The second kappa shape index (κ2) is 8.43. The number of hydrogen-bond donors (Lipinski definition) is 1. The first-order valence-corrected chi connectivity index (χ1v) is 6.76. The van der Waals surface area contributed by atoms with Crippen molar-refractivity contribution in [2.45, 2.75) is 19.8 Å². The summed E-state index contributed by atoms with van der Waals surface area (Å²) in [6, 6.07) is 5.69. The van der Waals surface area contributed by atoms with E-state index in [1.165, 1.54) is 4.90 Å².